The van der Waals surface area contributed by atoms with Crippen molar-refractivity contribution in [3.63, 3.8) is 0 Å². The fourth-order valence-electron chi connectivity index (χ4n) is 3.75. The van der Waals surface area contributed by atoms with E-state index in [2.05, 4.69) is 15.3 Å². The van der Waals surface area contributed by atoms with E-state index in [1.54, 1.807) is 0 Å². The molecule has 2 heterocycles. The number of rotatable bonds is 2. The van der Waals surface area contributed by atoms with E-state index >= 15 is 0 Å². The minimum atomic E-state index is -4.57. The van der Waals surface area contributed by atoms with Crippen LogP contribution in [0.15, 0.2) is 11.2 Å². The van der Waals surface area contributed by atoms with Crippen molar-refractivity contribution in [2.24, 2.45) is 16.6 Å². The van der Waals surface area contributed by atoms with Crippen LogP contribution in [0.25, 0.3) is 0 Å². The average molecular weight is 385 g/mol. The molecule has 0 spiro atoms. The van der Waals surface area contributed by atoms with E-state index in [1.165, 1.54) is 6.21 Å². The number of aromatic nitrogens is 1. The predicted octanol–water partition coefficient (Wildman–Crippen LogP) is 3.51. The first-order valence-corrected chi connectivity index (χ1v) is 9.05. The van der Waals surface area contributed by atoms with Crippen molar-refractivity contribution in [2.75, 3.05) is 11.1 Å². The van der Waals surface area contributed by atoms with Crippen LogP contribution in [0, 0.1) is 5.92 Å². The number of nitrogens with two attached hydrogens (primary N) is 2. The van der Waals surface area contributed by atoms with Gasteiger partial charge >= 0.3 is 6.18 Å². The molecule has 0 saturated heterocycles. The van der Waals surface area contributed by atoms with Crippen molar-refractivity contribution >= 4 is 17.7 Å². The molecule has 0 radical (unpaired) electrons. The Labute approximate surface area is 156 Å². The van der Waals surface area contributed by atoms with E-state index in [0.29, 0.717) is 12.8 Å². The van der Waals surface area contributed by atoms with Crippen LogP contribution < -0.4 is 16.8 Å². The van der Waals surface area contributed by atoms with Crippen LogP contribution in [-0.2, 0) is 10.9 Å². The number of nitrogen functional groups attached to an aromatic ring is 1. The number of ether oxygens (including phenoxy) is 1. The predicted molar refractivity (Wildman–Crippen MR) is 98.4 cm³/mol. The van der Waals surface area contributed by atoms with Gasteiger partial charge in [0.25, 0.3) is 0 Å². The van der Waals surface area contributed by atoms with Gasteiger partial charge in [-0.2, -0.15) is 13.2 Å². The van der Waals surface area contributed by atoms with Crippen LogP contribution in [0.4, 0.5) is 24.7 Å². The maximum absolute atomic E-state index is 13.4. The summed E-state index contributed by atoms with van der Waals surface area (Å²) in [4.78, 5) is 7.96. The highest BCUT2D eigenvalue weighted by Crippen LogP contribution is 2.43. The summed E-state index contributed by atoms with van der Waals surface area (Å²) < 4.78 is 46.2. The third-order valence-electron chi connectivity index (χ3n) is 5.00. The van der Waals surface area contributed by atoms with Crippen LogP contribution in [0.5, 0.6) is 0 Å². The Kier molecular flexibility index (Phi) is 4.88. The zero-order chi connectivity index (χ0) is 20.0. The van der Waals surface area contributed by atoms with Gasteiger partial charge in [-0.3, -0.25) is 5.73 Å². The smallest absolute Gasteiger partial charge is 0.383 e. The number of pyridine rings is 1. The molecule has 1 fully saturated rings. The summed E-state index contributed by atoms with van der Waals surface area (Å²) in [5.74, 6) is -1.44. The van der Waals surface area contributed by atoms with Gasteiger partial charge in [0.2, 0.25) is 0 Å². The van der Waals surface area contributed by atoms with Crippen LogP contribution in [0.1, 0.15) is 57.6 Å². The molecule has 6 nitrogen and oxygen atoms in total. The Morgan fingerprint density at radius 3 is 2.37 bits per heavy atom. The highest BCUT2D eigenvalue weighted by Gasteiger charge is 2.43. The molecule has 1 saturated carbocycles. The van der Waals surface area contributed by atoms with Gasteiger partial charge in [-0.25, -0.2) is 9.98 Å². The van der Waals surface area contributed by atoms with Crippen molar-refractivity contribution in [3.05, 3.63) is 17.3 Å². The van der Waals surface area contributed by atoms with Gasteiger partial charge in [-0.05, 0) is 46.5 Å². The summed E-state index contributed by atoms with van der Waals surface area (Å²) in [7, 11) is 0. The fourth-order valence-corrected chi connectivity index (χ4v) is 3.75. The Balaban J connectivity index is 1.81. The monoisotopic (exact) mass is 385 g/mol. The standard InChI is InChI=1S/C18H26F3N5O/c1-16(2,3)27-11-6-4-10(5-7-11)18(23)25-8-12-14(26-18)13(17(19,20)21)9-24-15(12)22/h8-11,26H,4-7,23H2,1-3H3,(H2,22,24). The van der Waals surface area contributed by atoms with Crippen molar-refractivity contribution in [3.8, 4) is 0 Å². The number of nitrogens with zero attached hydrogens (tertiary/aromatic N) is 2. The number of anilines is 2. The second kappa shape index (κ2) is 6.63. The van der Waals surface area contributed by atoms with E-state index < -0.39 is 17.5 Å². The Hall–Kier alpha value is -1.87. The van der Waals surface area contributed by atoms with E-state index in [1.807, 2.05) is 20.8 Å². The van der Waals surface area contributed by atoms with Crippen molar-refractivity contribution in [2.45, 2.75) is 70.1 Å². The summed E-state index contributed by atoms with van der Waals surface area (Å²) in [6.45, 7) is 6.01. The second-order valence-corrected chi connectivity index (χ2v) is 8.26. The highest BCUT2D eigenvalue weighted by atomic mass is 19.4. The first-order valence-electron chi connectivity index (χ1n) is 9.05. The molecule has 0 aromatic carbocycles. The third-order valence-corrected chi connectivity index (χ3v) is 5.00. The Bertz CT molecular complexity index is 736. The molecule has 3 rings (SSSR count). The van der Waals surface area contributed by atoms with Crippen LogP contribution >= 0.6 is 0 Å². The highest BCUT2D eigenvalue weighted by molar-refractivity contribution is 5.96. The Morgan fingerprint density at radius 1 is 1.19 bits per heavy atom. The SMILES string of the molecule is CC(C)(C)OC1CCC(C2(N)N=Cc3c(N)ncc(C(F)(F)F)c3N2)CC1. The average Bonchev–Trinajstić information content (AvgIpc) is 2.52. The molecule has 1 atom stereocenters. The molecule has 0 bridgehead atoms. The van der Waals surface area contributed by atoms with Gasteiger partial charge in [0.15, 0.2) is 5.79 Å². The lowest BCUT2D eigenvalue weighted by Gasteiger charge is -2.42. The van der Waals surface area contributed by atoms with Crippen LogP contribution in [0.3, 0.4) is 0 Å². The zero-order valence-electron chi connectivity index (χ0n) is 15.7. The van der Waals surface area contributed by atoms with E-state index in [4.69, 9.17) is 16.2 Å². The third kappa shape index (κ3) is 4.19. The molecule has 0 amide bonds. The Morgan fingerprint density at radius 2 is 1.81 bits per heavy atom. The lowest BCUT2D eigenvalue weighted by molar-refractivity contribution is -0.137. The lowest BCUT2D eigenvalue weighted by Crippen LogP contribution is -2.55. The van der Waals surface area contributed by atoms with Crippen molar-refractivity contribution in [1.82, 2.24) is 4.98 Å². The normalized spacial score (nSPS) is 28.6. The number of alkyl halides is 3. The molecule has 5 N–H and O–H groups in total. The van der Waals surface area contributed by atoms with Gasteiger partial charge in [0, 0.05) is 18.3 Å². The van der Waals surface area contributed by atoms with Crippen LogP contribution in [-0.4, -0.2) is 28.7 Å². The topological polar surface area (TPSA) is 98.5 Å². The van der Waals surface area contributed by atoms with Crippen LogP contribution in [0.2, 0.25) is 0 Å². The van der Waals surface area contributed by atoms with E-state index in [-0.39, 0.29) is 34.7 Å². The number of halogens is 3. The van der Waals surface area contributed by atoms with Gasteiger partial charge in [0.05, 0.1) is 28.5 Å². The maximum atomic E-state index is 13.4. The fraction of sp³-hybridized carbons (Fsp3) is 0.667. The molecule has 2 aliphatic rings. The second-order valence-electron chi connectivity index (χ2n) is 8.26. The van der Waals surface area contributed by atoms with Gasteiger partial charge in [0.1, 0.15) is 5.82 Å². The van der Waals surface area contributed by atoms with E-state index in [9.17, 15) is 13.2 Å². The van der Waals surface area contributed by atoms with Gasteiger partial charge in [-0.15, -0.1) is 0 Å². The molecule has 1 aromatic heterocycles. The van der Waals surface area contributed by atoms with E-state index in [0.717, 1.165) is 19.0 Å². The molecule has 27 heavy (non-hydrogen) atoms. The molecule has 1 unspecified atom stereocenters. The zero-order valence-corrected chi connectivity index (χ0v) is 15.7. The largest absolute Gasteiger partial charge is 0.419 e. The number of hydrogen-bond acceptors (Lipinski definition) is 6. The number of aliphatic imine (C=N–C) groups is 1. The summed E-state index contributed by atoms with van der Waals surface area (Å²) in [5, 5.41) is 2.82. The van der Waals surface area contributed by atoms with Gasteiger partial charge < -0.3 is 15.8 Å². The van der Waals surface area contributed by atoms with Gasteiger partial charge in [-0.1, -0.05) is 0 Å². The van der Waals surface area contributed by atoms with Crippen molar-refractivity contribution in [1.29, 1.82) is 0 Å². The molecule has 1 aromatic rings. The molecular weight excluding hydrogens is 359 g/mol. The molecular formula is C18H26F3N5O. The molecule has 9 heteroatoms. The minimum absolute atomic E-state index is 0.0152. The summed E-state index contributed by atoms with van der Waals surface area (Å²) >= 11 is 0. The first kappa shape index (κ1) is 19.9. The molecule has 1 aliphatic heterocycles. The summed E-state index contributed by atoms with van der Waals surface area (Å²) in [6, 6.07) is 0. The molecule has 1 aliphatic carbocycles. The minimum Gasteiger partial charge on any atom is -0.383 e. The summed E-state index contributed by atoms with van der Waals surface area (Å²) in [6.07, 6.45) is 0.580. The number of hydrogen-bond donors (Lipinski definition) is 3. The maximum Gasteiger partial charge on any atom is 0.419 e. The summed E-state index contributed by atoms with van der Waals surface area (Å²) in [5.41, 5.74) is 11.0. The lowest BCUT2D eigenvalue weighted by atomic mass is 9.82. The quantitative estimate of drug-likeness (QED) is 0.724. The number of fused-ring (bicyclic) bond motifs is 1. The molecule has 150 valence electrons. The van der Waals surface area contributed by atoms with Crippen molar-refractivity contribution < 1.29 is 17.9 Å². The first-order chi connectivity index (χ1) is 12.4. The number of nitrogens with one attached hydrogen (secondary N) is 1.